The molecule has 3 rings (SSSR count). The third kappa shape index (κ3) is 3.94. The van der Waals surface area contributed by atoms with E-state index < -0.39 is 0 Å². The van der Waals surface area contributed by atoms with E-state index >= 15 is 0 Å². The largest absolute Gasteiger partial charge is 0.370 e. The summed E-state index contributed by atoms with van der Waals surface area (Å²) in [4.78, 5) is 21.1. The number of hydrogen-bond donors (Lipinski definition) is 0. The Kier molecular flexibility index (Phi) is 5.14. The zero-order chi connectivity index (χ0) is 16.9. The van der Waals surface area contributed by atoms with E-state index in [0.717, 1.165) is 38.2 Å². The van der Waals surface area contributed by atoms with Crippen molar-refractivity contribution in [3.8, 4) is 0 Å². The molecule has 24 heavy (non-hydrogen) atoms. The molecular formula is C20H25N3O. The average Bonchev–Trinajstić information content (AvgIpc) is 2.63. The van der Waals surface area contributed by atoms with Crippen molar-refractivity contribution >= 4 is 11.6 Å². The molecule has 0 unspecified atom stereocenters. The minimum atomic E-state index is 0.0526. The Hall–Kier alpha value is -2.36. The van der Waals surface area contributed by atoms with Crippen molar-refractivity contribution in [3.05, 3.63) is 59.9 Å². The Bertz CT molecular complexity index is 678. The fourth-order valence-corrected chi connectivity index (χ4v) is 3.10. The fraction of sp³-hybridized carbons (Fsp3) is 0.400. The van der Waals surface area contributed by atoms with E-state index in [-0.39, 0.29) is 5.91 Å². The second kappa shape index (κ2) is 7.47. The highest BCUT2D eigenvalue weighted by Gasteiger charge is 2.22. The van der Waals surface area contributed by atoms with Gasteiger partial charge in [-0.05, 0) is 36.5 Å². The number of likely N-dealkylation sites (tertiary alicyclic amines) is 1. The number of aromatic nitrogens is 1. The first kappa shape index (κ1) is 16.5. The van der Waals surface area contributed by atoms with Crippen LogP contribution in [0.15, 0.2) is 48.7 Å². The average molecular weight is 323 g/mol. The number of amides is 1. The highest BCUT2D eigenvalue weighted by Crippen LogP contribution is 2.20. The zero-order valence-electron chi connectivity index (χ0n) is 14.5. The molecule has 0 N–H and O–H groups in total. The molecule has 0 bridgehead atoms. The molecule has 1 aliphatic heterocycles. The Morgan fingerprint density at radius 1 is 1.21 bits per heavy atom. The summed E-state index contributed by atoms with van der Waals surface area (Å²) in [6.07, 6.45) is 3.90. The minimum Gasteiger partial charge on any atom is -0.370 e. The van der Waals surface area contributed by atoms with E-state index in [2.05, 4.69) is 28.9 Å². The third-order valence-corrected chi connectivity index (χ3v) is 4.74. The van der Waals surface area contributed by atoms with Crippen molar-refractivity contribution < 1.29 is 4.79 Å². The lowest BCUT2D eigenvalue weighted by atomic mass is 9.99. The summed E-state index contributed by atoms with van der Waals surface area (Å²) in [7, 11) is 2.04. The van der Waals surface area contributed by atoms with Crippen LogP contribution in [0.3, 0.4) is 0 Å². The lowest BCUT2D eigenvalue weighted by molar-refractivity contribution is 0.0691. The highest BCUT2D eigenvalue weighted by molar-refractivity contribution is 5.93. The first-order valence-electron chi connectivity index (χ1n) is 8.64. The Labute approximate surface area is 144 Å². The maximum absolute atomic E-state index is 12.7. The molecule has 0 spiro atoms. The van der Waals surface area contributed by atoms with Crippen molar-refractivity contribution in [2.75, 3.05) is 25.0 Å². The van der Waals surface area contributed by atoms with E-state index in [1.165, 1.54) is 5.56 Å². The van der Waals surface area contributed by atoms with Gasteiger partial charge in [-0.3, -0.25) is 9.78 Å². The third-order valence-electron chi connectivity index (χ3n) is 4.74. The molecule has 0 radical (unpaired) electrons. The molecule has 2 heterocycles. The molecule has 4 nitrogen and oxygen atoms in total. The van der Waals surface area contributed by atoms with E-state index in [0.29, 0.717) is 11.6 Å². The summed E-state index contributed by atoms with van der Waals surface area (Å²) in [5, 5.41) is 0. The van der Waals surface area contributed by atoms with Crippen LogP contribution in [-0.4, -0.2) is 35.9 Å². The SMILES string of the molecule is CC1CCN(C(=O)c2cc(N(C)Cc3ccccc3)ccn2)CC1. The van der Waals surface area contributed by atoms with Gasteiger partial charge in [-0.15, -0.1) is 0 Å². The Morgan fingerprint density at radius 3 is 2.62 bits per heavy atom. The zero-order valence-corrected chi connectivity index (χ0v) is 14.5. The normalized spacial score (nSPS) is 15.3. The number of hydrogen-bond acceptors (Lipinski definition) is 3. The van der Waals surface area contributed by atoms with Gasteiger partial charge in [0.1, 0.15) is 5.69 Å². The number of rotatable bonds is 4. The lowest BCUT2D eigenvalue weighted by Gasteiger charge is -2.30. The van der Waals surface area contributed by atoms with E-state index in [4.69, 9.17) is 0 Å². The molecule has 0 saturated carbocycles. The molecule has 4 heteroatoms. The Morgan fingerprint density at radius 2 is 1.92 bits per heavy atom. The molecular weight excluding hydrogens is 298 g/mol. The standard InChI is InChI=1S/C20H25N3O/c1-16-9-12-23(13-10-16)20(24)19-14-18(8-11-21-19)22(2)15-17-6-4-3-5-7-17/h3-8,11,14,16H,9-10,12-13,15H2,1-2H3. The van der Waals surface area contributed by atoms with Gasteiger partial charge in [0, 0.05) is 38.6 Å². The predicted octanol–water partition coefficient (Wildman–Crippen LogP) is 3.59. The second-order valence-electron chi connectivity index (χ2n) is 6.72. The van der Waals surface area contributed by atoms with Gasteiger partial charge >= 0.3 is 0 Å². The summed E-state index contributed by atoms with van der Waals surface area (Å²) in [5.74, 6) is 0.766. The molecule has 126 valence electrons. The number of carbonyl (C=O) groups is 1. The molecule has 1 fully saturated rings. The summed E-state index contributed by atoms with van der Waals surface area (Å²) in [6.45, 7) is 4.73. The number of anilines is 1. The first-order chi connectivity index (χ1) is 11.6. The van der Waals surface area contributed by atoms with Gasteiger partial charge in [0.05, 0.1) is 0 Å². The van der Waals surface area contributed by atoms with Crippen LogP contribution in [0, 0.1) is 5.92 Å². The summed E-state index contributed by atoms with van der Waals surface area (Å²) in [5.41, 5.74) is 2.80. The summed E-state index contributed by atoms with van der Waals surface area (Å²) < 4.78 is 0. The quantitative estimate of drug-likeness (QED) is 0.863. The number of pyridine rings is 1. The topological polar surface area (TPSA) is 36.4 Å². The molecule has 1 amide bonds. The maximum Gasteiger partial charge on any atom is 0.272 e. The van der Waals surface area contributed by atoms with Gasteiger partial charge < -0.3 is 9.80 Å². The van der Waals surface area contributed by atoms with Gasteiger partial charge in [0.15, 0.2) is 0 Å². The molecule has 1 aromatic heterocycles. The van der Waals surface area contributed by atoms with Crippen LogP contribution in [0.5, 0.6) is 0 Å². The molecule has 1 aliphatic rings. The molecule has 1 saturated heterocycles. The van der Waals surface area contributed by atoms with Gasteiger partial charge in [0.2, 0.25) is 0 Å². The summed E-state index contributed by atoms with van der Waals surface area (Å²) >= 11 is 0. The molecule has 0 atom stereocenters. The fourth-order valence-electron chi connectivity index (χ4n) is 3.10. The van der Waals surface area contributed by atoms with Crippen LogP contribution in [0.2, 0.25) is 0 Å². The lowest BCUT2D eigenvalue weighted by Crippen LogP contribution is -2.38. The highest BCUT2D eigenvalue weighted by atomic mass is 16.2. The van der Waals surface area contributed by atoms with Crippen molar-refractivity contribution in [1.82, 2.24) is 9.88 Å². The van der Waals surface area contributed by atoms with Crippen LogP contribution in [0.25, 0.3) is 0 Å². The summed E-state index contributed by atoms with van der Waals surface area (Å²) in [6, 6.07) is 14.2. The van der Waals surface area contributed by atoms with Crippen LogP contribution < -0.4 is 4.90 Å². The van der Waals surface area contributed by atoms with Crippen LogP contribution in [0.4, 0.5) is 5.69 Å². The Balaban J connectivity index is 1.70. The van der Waals surface area contributed by atoms with Crippen LogP contribution in [-0.2, 0) is 6.54 Å². The van der Waals surface area contributed by atoms with Crippen LogP contribution >= 0.6 is 0 Å². The number of carbonyl (C=O) groups excluding carboxylic acids is 1. The monoisotopic (exact) mass is 323 g/mol. The van der Waals surface area contributed by atoms with E-state index in [1.807, 2.05) is 42.3 Å². The predicted molar refractivity (Wildman–Crippen MR) is 97.1 cm³/mol. The first-order valence-corrected chi connectivity index (χ1v) is 8.64. The number of benzene rings is 1. The second-order valence-corrected chi connectivity index (χ2v) is 6.72. The van der Waals surface area contributed by atoms with Gasteiger partial charge in [-0.25, -0.2) is 0 Å². The minimum absolute atomic E-state index is 0.0526. The van der Waals surface area contributed by atoms with Crippen molar-refractivity contribution in [2.24, 2.45) is 5.92 Å². The number of piperidine rings is 1. The van der Waals surface area contributed by atoms with Crippen LogP contribution in [0.1, 0.15) is 35.8 Å². The van der Waals surface area contributed by atoms with E-state index in [1.54, 1.807) is 6.20 Å². The van der Waals surface area contributed by atoms with Gasteiger partial charge in [0.25, 0.3) is 5.91 Å². The molecule has 1 aromatic carbocycles. The smallest absolute Gasteiger partial charge is 0.272 e. The number of nitrogens with zero attached hydrogens (tertiary/aromatic N) is 3. The van der Waals surface area contributed by atoms with Gasteiger partial charge in [-0.2, -0.15) is 0 Å². The van der Waals surface area contributed by atoms with Crippen molar-refractivity contribution in [2.45, 2.75) is 26.3 Å². The molecule has 0 aliphatic carbocycles. The van der Waals surface area contributed by atoms with E-state index in [9.17, 15) is 4.79 Å². The maximum atomic E-state index is 12.7. The molecule has 2 aromatic rings. The van der Waals surface area contributed by atoms with Gasteiger partial charge in [-0.1, -0.05) is 37.3 Å². The van der Waals surface area contributed by atoms with Crippen molar-refractivity contribution in [1.29, 1.82) is 0 Å². The van der Waals surface area contributed by atoms with Crippen molar-refractivity contribution in [3.63, 3.8) is 0 Å².